The summed E-state index contributed by atoms with van der Waals surface area (Å²) in [6.45, 7) is 11.9. The number of likely N-dealkylation sites (tertiary alicyclic amines) is 1. The summed E-state index contributed by atoms with van der Waals surface area (Å²) in [6.07, 6.45) is 0.801. The molecule has 1 aromatic carbocycles. The number of aliphatic hydroxyl groups is 1. The number of rotatable bonds is 6. The minimum Gasteiger partial charge on any atom is -0.496 e. The van der Waals surface area contributed by atoms with Crippen molar-refractivity contribution in [2.45, 2.75) is 72.2 Å². The molecule has 0 unspecified atom stereocenters. The molecule has 0 aliphatic carbocycles. The van der Waals surface area contributed by atoms with Crippen molar-refractivity contribution in [2.24, 2.45) is 11.8 Å². The summed E-state index contributed by atoms with van der Waals surface area (Å²) < 4.78 is 16.5. The van der Waals surface area contributed by atoms with Gasteiger partial charge in [0.1, 0.15) is 17.0 Å². The van der Waals surface area contributed by atoms with Crippen LogP contribution in [0.5, 0.6) is 5.75 Å². The van der Waals surface area contributed by atoms with E-state index in [4.69, 9.17) is 14.2 Å². The van der Waals surface area contributed by atoms with Crippen LogP contribution >= 0.6 is 0 Å². The van der Waals surface area contributed by atoms with E-state index in [0.29, 0.717) is 37.2 Å². The summed E-state index contributed by atoms with van der Waals surface area (Å²) in [4.78, 5) is 27.3. The third-order valence-electron chi connectivity index (χ3n) is 5.13. The Bertz CT molecular complexity index is 777. The standard InChI is InChI=1S/C24H37NO6/c1-23(2,3)30-21(27)19(13-16-8-9-20(29-7)18(12-16)15-26)17-10-11-25(14-17)22(28)31-24(4,5)6/h8-9,12,17,19,26H,10-11,13-15H2,1-7H3/t17-,19-/m0/s1. The Labute approximate surface area is 185 Å². The summed E-state index contributed by atoms with van der Waals surface area (Å²) in [7, 11) is 1.56. The summed E-state index contributed by atoms with van der Waals surface area (Å²) in [6, 6.07) is 5.56. The minimum atomic E-state index is -0.602. The van der Waals surface area contributed by atoms with E-state index in [0.717, 1.165) is 5.56 Å². The summed E-state index contributed by atoms with van der Waals surface area (Å²) in [5.41, 5.74) is 0.416. The van der Waals surface area contributed by atoms with E-state index in [2.05, 4.69) is 0 Å². The lowest BCUT2D eigenvalue weighted by atomic mass is 9.85. The third kappa shape index (κ3) is 7.42. The van der Waals surface area contributed by atoms with Crippen molar-refractivity contribution >= 4 is 12.1 Å². The maximum Gasteiger partial charge on any atom is 0.410 e. The van der Waals surface area contributed by atoms with Gasteiger partial charge in [0.2, 0.25) is 0 Å². The number of ether oxygens (including phenoxy) is 3. The second-order valence-electron chi connectivity index (χ2n) is 10.1. The van der Waals surface area contributed by atoms with E-state index in [1.807, 2.05) is 53.7 Å². The highest BCUT2D eigenvalue weighted by Gasteiger charge is 2.39. The maximum atomic E-state index is 13.1. The first-order valence-electron chi connectivity index (χ1n) is 10.8. The van der Waals surface area contributed by atoms with Gasteiger partial charge in [0.25, 0.3) is 0 Å². The Hall–Kier alpha value is -2.28. The molecule has 0 radical (unpaired) electrons. The van der Waals surface area contributed by atoms with Crippen molar-refractivity contribution in [1.82, 2.24) is 4.90 Å². The van der Waals surface area contributed by atoms with Crippen LogP contribution in [0.4, 0.5) is 4.79 Å². The van der Waals surface area contributed by atoms with Gasteiger partial charge in [0.05, 0.1) is 19.6 Å². The number of hydrogen-bond donors (Lipinski definition) is 1. The zero-order valence-corrected chi connectivity index (χ0v) is 19.9. The Morgan fingerprint density at radius 3 is 2.32 bits per heavy atom. The van der Waals surface area contributed by atoms with Crippen LogP contribution in [-0.4, -0.2) is 53.5 Å². The molecule has 1 heterocycles. The number of carbonyl (C=O) groups is 2. The van der Waals surface area contributed by atoms with Crippen LogP contribution in [0, 0.1) is 11.8 Å². The lowest BCUT2D eigenvalue weighted by Gasteiger charge is -2.28. The molecule has 1 aliphatic rings. The van der Waals surface area contributed by atoms with Crippen LogP contribution in [-0.2, 0) is 27.3 Å². The lowest BCUT2D eigenvalue weighted by molar-refractivity contribution is -0.161. The van der Waals surface area contributed by atoms with E-state index in [-0.39, 0.29) is 24.6 Å². The molecule has 7 heteroatoms. The number of aliphatic hydroxyl groups excluding tert-OH is 1. The molecule has 2 rings (SSSR count). The largest absolute Gasteiger partial charge is 0.496 e. The summed E-state index contributed by atoms with van der Waals surface area (Å²) >= 11 is 0. The molecule has 1 aromatic rings. The van der Waals surface area contributed by atoms with Crippen LogP contribution in [0.15, 0.2) is 18.2 Å². The minimum absolute atomic E-state index is 0.0398. The fourth-order valence-electron chi connectivity index (χ4n) is 3.76. The fraction of sp³-hybridized carbons (Fsp3) is 0.667. The first-order valence-corrected chi connectivity index (χ1v) is 10.8. The van der Waals surface area contributed by atoms with Crippen molar-refractivity contribution < 1.29 is 28.9 Å². The van der Waals surface area contributed by atoms with Gasteiger partial charge in [-0.05, 0) is 78.0 Å². The van der Waals surface area contributed by atoms with Gasteiger partial charge in [-0.2, -0.15) is 0 Å². The molecule has 31 heavy (non-hydrogen) atoms. The monoisotopic (exact) mass is 435 g/mol. The van der Waals surface area contributed by atoms with Crippen molar-refractivity contribution in [3.63, 3.8) is 0 Å². The molecule has 1 fully saturated rings. The zero-order valence-electron chi connectivity index (χ0n) is 19.9. The lowest BCUT2D eigenvalue weighted by Crippen LogP contribution is -2.38. The van der Waals surface area contributed by atoms with Crippen LogP contribution in [0.25, 0.3) is 0 Å². The normalized spacial score (nSPS) is 17.9. The molecule has 2 atom stereocenters. The maximum absolute atomic E-state index is 13.1. The number of benzene rings is 1. The molecule has 1 saturated heterocycles. The number of amides is 1. The highest BCUT2D eigenvalue weighted by atomic mass is 16.6. The molecular formula is C24H37NO6. The van der Waals surface area contributed by atoms with Crippen molar-refractivity contribution in [3.05, 3.63) is 29.3 Å². The Morgan fingerprint density at radius 1 is 1.13 bits per heavy atom. The molecule has 1 aliphatic heterocycles. The van der Waals surface area contributed by atoms with Gasteiger partial charge < -0.3 is 24.2 Å². The van der Waals surface area contributed by atoms with Crippen LogP contribution in [0.3, 0.4) is 0 Å². The van der Waals surface area contributed by atoms with Gasteiger partial charge in [0, 0.05) is 18.7 Å². The predicted molar refractivity (Wildman–Crippen MR) is 118 cm³/mol. The Kier molecular flexibility index (Phi) is 7.98. The second kappa shape index (κ2) is 9.90. The smallest absolute Gasteiger partial charge is 0.410 e. The molecule has 7 nitrogen and oxygen atoms in total. The number of hydrogen-bond acceptors (Lipinski definition) is 6. The van der Waals surface area contributed by atoms with E-state index in [9.17, 15) is 14.7 Å². The Morgan fingerprint density at radius 2 is 1.77 bits per heavy atom. The number of esters is 1. The van der Waals surface area contributed by atoms with Crippen molar-refractivity contribution in [3.8, 4) is 5.75 Å². The van der Waals surface area contributed by atoms with E-state index >= 15 is 0 Å². The second-order valence-corrected chi connectivity index (χ2v) is 10.1. The molecular weight excluding hydrogens is 398 g/mol. The van der Waals surface area contributed by atoms with Gasteiger partial charge in [-0.15, -0.1) is 0 Å². The molecule has 0 bridgehead atoms. The van der Waals surface area contributed by atoms with Crippen LogP contribution in [0.1, 0.15) is 59.1 Å². The average Bonchev–Trinajstić information content (AvgIpc) is 3.13. The molecule has 1 N–H and O–H groups in total. The third-order valence-corrected chi connectivity index (χ3v) is 5.13. The van der Waals surface area contributed by atoms with Gasteiger partial charge in [-0.1, -0.05) is 6.07 Å². The van der Waals surface area contributed by atoms with E-state index in [1.54, 1.807) is 18.1 Å². The molecule has 0 saturated carbocycles. The van der Waals surface area contributed by atoms with Crippen molar-refractivity contribution in [1.29, 1.82) is 0 Å². The van der Waals surface area contributed by atoms with Crippen LogP contribution < -0.4 is 4.74 Å². The van der Waals surface area contributed by atoms with Gasteiger partial charge in [-0.3, -0.25) is 4.79 Å². The fourth-order valence-corrected chi connectivity index (χ4v) is 3.76. The molecule has 1 amide bonds. The Balaban J connectivity index is 2.22. The number of carbonyl (C=O) groups excluding carboxylic acids is 2. The van der Waals surface area contributed by atoms with E-state index in [1.165, 1.54) is 0 Å². The summed E-state index contributed by atoms with van der Waals surface area (Å²) in [5.74, 6) is -0.115. The first kappa shape index (κ1) is 25.0. The zero-order chi connectivity index (χ0) is 23.4. The van der Waals surface area contributed by atoms with Gasteiger partial charge in [0.15, 0.2) is 0 Å². The first-order chi connectivity index (χ1) is 14.3. The highest BCUT2D eigenvalue weighted by Crippen LogP contribution is 2.31. The topological polar surface area (TPSA) is 85.3 Å². The number of nitrogens with zero attached hydrogens (tertiary/aromatic N) is 1. The molecule has 174 valence electrons. The highest BCUT2D eigenvalue weighted by molar-refractivity contribution is 5.74. The van der Waals surface area contributed by atoms with Crippen molar-refractivity contribution in [2.75, 3.05) is 20.2 Å². The average molecular weight is 436 g/mol. The molecule has 0 spiro atoms. The van der Waals surface area contributed by atoms with Gasteiger partial charge >= 0.3 is 12.1 Å². The summed E-state index contributed by atoms with van der Waals surface area (Å²) in [5, 5.41) is 9.64. The predicted octanol–water partition coefficient (Wildman–Crippen LogP) is 3.94. The van der Waals surface area contributed by atoms with Gasteiger partial charge in [-0.25, -0.2) is 4.79 Å². The quantitative estimate of drug-likeness (QED) is 0.681. The molecule has 0 aromatic heterocycles. The SMILES string of the molecule is COc1ccc(C[C@H](C(=O)OC(C)(C)C)[C@H]2CCN(C(=O)OC(C)(C)C)C2)cc1CO. The van der Waals surface area contributed by atoms with Crippen LogP contribution in [0.2, 0.25) is 0 Å². The van der Waals surface area contributed by atoms with E-state index < -0.39 is 17.1 Å². The number of methoxy groups -OCH3 is 1.